The van der Waals surface area contributed by atoms with Gasteiger partial charge in [-0.25, -0.2) is 4.39 Å². The molecular weight excluding hydrogens is 434 g/mol. The first-order valence-electron chi connectivity index (χ1n) is 9.49. The lowest BCUT2D eigenvalue weighted by atomic mass is 9.93. The third kappa shape index (κ3) is 3.93. The lowest BCUT2D eigenvalue weighted by molar-refractivity contribution is -0.138. The van der Waals surface area contributed by atoms with Crippen molar-refractivity contribution in [1.82, 2.24) is 5.32 Å². The SMILES string of the molecule is O=C(O)CNC(=O)C1=C(O)c2cc(F)cc3c2N(C1)CC(c1ccc(C(F)(F)F)cc1)N3. The van der Waals surface area contributed by atoms with Crippen LogP contribution in [0.2, 0.25) is 0 Å². The maximum Gasteiger partial charge on any atom is 0.416 e. The van der Waals surface area contributed by atoms with Crippen LogP contribution in [0, 0.1) is 5.82 Å². The van der Waals surface area contributed by atoms with Crippen LogP contribution in [0.5, 0.6) is 0 Å². The predicted molar refractivity (Wildman–Crippen MR) is 107 cm³/mol. The molecule has 0 saturated heterocycles. The Hall–Kier alpha value is -3.76. The summed E-state index contributed by atoms with van der Waals surface area (Å²) in [6.07, 6.45) is -4.48. The van der Waals surface area contributed by atoms with E-state index in [1.54, 1.807) is 4.90 Å². The van der Waals surface area contributed by atoms with Crippen LogP contribution in [0.4, 0.5) is 28.9 Å². The summed E-state index contributed by atoms with van der Waals surface area (Å²) in [5, 5.41) is 24.6. The number of hydrogen-bond donors (Lipinski definition) is 4. The lowest BCUT2D eigenvalue weighted by Crippen LogP contribution is -2.43. The summed E-state index contributed by atoms with van der Waals surface area (Å²) in [7, 11) is 0. The van der Waals surface area contributed by atoms with Gasteiger partial charge in [0, 0.05) is 12.1 Å². The fraction of sp³-hybridized carbons (Fsp3) is 0.238. The highest BCUT2D eigenvalue weighted by molar-refractivity contribution is 6.05. The summed E-state index contributed by atoms with van der Waals surface area (Å²) in [4.78, 5) is 24.9. The third-order valence-electron chi connectivity index (χ3n) is 5.33. The minimum Gasteiger partial charge on any atom is -0.507 e. The Labute approximate surface area is 179 Å². The molecule has 32 heavy (non-hydrogen) atoms. The van der Waals surface area contributed by atoms with Crippen LogP contribution in [-0.4, -0.2) is 41.7 Å². The predicted octanol–water partition coefficient (Wildman–Crippen LogP) is 3.30. The van der Waals surface area contributed by atoms with Crippen LogP contribution >= 0.6 is 0 Å². The van der Waals surface area contributed by atoms with Gasteiger partial charge in [-0.1, -0.05) is 12.1 Å². The molecule has 0 aromatic heterocycles. The Morgan fingerprint density at radius 3 is 2.50 bits per heavy atom. The van der Waals surface area contributed by atoms with Gasteiger partial charge in [-0.3, -0.25) is 9.59 Å². The zero-order valence-electron chi connectivity index (χ0n) is 16.3. The average molecular weight is 451 g/mol. The molecule has 2 aromatic carbocycles. The Morgan fingerprint density at radius 2 is 1.88 bits per heavy atom. The van der Waals surface area contributed by atoms with Gasteiger partial charge in [0.25, 0.3) is 5.91 Å². The number of carbonyl (C=O) groups excluding carboxylic acids is 1. The van der Waals surface area contributed by atoms with Gasteiger partial charge in [-0.05, 0) is 29.8 Å². The van der Waals surface area contributed by atoms with Crippen molar-refractivity contribution in [1.29, 1.82) is 0 Å². The maximum atomic E-state index is 14.3. The van der Waals surface area contributed by atoms with Crippen LogP contribution in [0.3, 0.4) is 0 Å². The second-order valence-electron chi connectivity index (χ2n) is 7.45. The largest absolute Gasteiger partial charge is 0.507 e. The number of aliphatic hydroxyl groups is 1. The Balaban J connectivity index is 1.68. The molecule has 2 aliphatic rings. The molecule has 1 unspecified atom stereocenters. The van der Waals surface area contributed by atoms with Gasteiger partial charge in [-0.2, -0.15) is 13.2 Å². The highest BCUT2D eigenvalue weighted by Gasteiger charge is 2.36. The monoisotopic (exact) mass is 451 g/mol. The molecule has 2 aliphatic heterocycles. The number of alkyl halides is 3. The summed E-state index contributed by atoms with van der Waals surface area (Å²) >= 11 is 0. The van der Waals surface area contributed by atoms with Crippen molar-refractivity contribution >= 4 is 29.0 Å². The van der Waals surface area contributed by atoms with E-state index >= 15 is 0 Å². The summed E-state index contributed by atoms with van der Waals surface area (Å²) in [5.74, 6) is -3.24. The van der Waals surface area contributed by atoms with Gasteiger partial charge in [0.2, 0.25) is 0 Å². The number of carboxylic acid groups (broad SMARTS) is 1. The lowest BCUT2D eigenvalue weighted by Gasteiger charge is -2.41. The number of rotatable bonds is 4. The van der Waals surface area contributed by atoms with Crippen molar-refractivity contribution in [2.24, 2.45) is 0 Å². The van der Waals surface area contributed by atoms with Crippen LogP contribution < -0.4 is 15.5 Å². The number of nitrogens with zero attached hydrogens (tertiary/aromatic N) is 1. The van der Waals surface area contributed by atoms with E-state index in [2.05, 4.69) is 10.6 Å². The molecule has 0 aliphatic carbocycles. The van der Waals surface area contributed by atoms with E-state index < -0.39 is 47.8 Å². The van der Waals surface area contributed by atoms with Crippen molar-refractivity contribution < 1.29 is 37.4 Å². The number of carboxylic acids is 1. The second kappa shape index (κ2) is 7.74. The van der Waals surface area contributed by atoms with Gasteiger partial charge >= 0.3 is 12.1 Å². The number of aliphatic hydroxyl groups excluding tert-OH is 1. The molecule has 0 bridgehead atoms. The molecule has 168 valence electrons. The molecular formula is C21H17F4N3O4. The highest BCUT2D eigenvalue weighted by Crippen LogP contribution is 2.45. The van der Waals surface area contributed by atoms with Crippen molar-refractivity contribution in [2.45, 2.75) is 12.2 Å². The summed E-state index contributed by atoms with van der Waals surface area (Å²) < 4.78 is 52.9. The van der Waals surface area contributed by atoms with Gasteiger partial charge < -0.3 is 25.7 Å². The van der Waals surface area contributed by atoms with Gasteiger partial charge in [0.05, 0.1) is 35.1 Å². The molecule has 0 fully saturated rings. The minimum atomic E-state index is -4.48. The van der Waals surface area contributed by atoms with Gasteiger partial charge in [0.15, 0.2) is 0 Å². The highest BCUT2D eigenvalue weighted by atomic mass is 19.4. The standard InChI is InChI=1S/C21H17F4N3O4/c22-12-5-13-18-15(6-12)27-16(10-1-3-11(4-2-10)21(23,24)25)9-28(18)8-14(19(13)31)20(32)26-7-17(29)30/h1-6,16,27,31H,7-9H2,(H,26,32)(H,29,30). The zero-order valence-corrected chi connectivity index (χ0v) is 16.3. The summed E-state index contributed by atoms with van der Waals surface area (Å²) in [5.41, 5.74) is 0.405. The Bertz CT molecular complexity index is 1130. The molecule has 2 aromatic rings. The number of amides is 1. The number of benzene rings is 2. The van der Waals surface area contributed by atoms with Crippen LogP contribution in [0.1, 0.15) is 22.7 Å². The maximum absolute atomic E-state index is 14.3. The van der Waals surface area contributed by atoms with E-state index in [9.17, 15) is 32.3 Å². The number of nitrogens with one attached hydrogen (secondary N) is 2. The topological polar surface area (TPSA) is 102 Å². The van der Waals surface area contributed by atoms with Crippen molar-refractivity contribution in [3.63, 3.8) is 0 Å². The van der Waals surface area contributed by atoms with Gasteiger partial charge in [0.1, 0.15) is 18.1 Å². The van der Waals surface area contributed by atoms with Gasteiger partial charge in [-0.15, -0.1) is 0 Å². The van der Waals surface area contributed by atoms with E-state index in [1.165, 1.54) is 18.2 Å². The van der Waals surface area contributed by atoms with E-state index in [0.717, 1.165) is 18.2 Å². The number of aliphatic carboxylic acids is 1. The van der Waals surface area contributed by atoms with E-state index in [4.69, 9.17) is 5.11 Å². The second-order valence-corrected chi connectivity index (χ2v) is 7.45. The third-order valence-corrected chi connectivity index (χ3v) is 5.33. The molecule has 0 spiro atoms. The van der Waals surface area contributed by atoms with Crippen molar-refractivity contribution in [2.75, 3.05) is 29.9 Å². The summed E-state index contributed by atoms with van der Waals surface area (Å²) in [6, 6.07) is 6.29. The van der Waals surface area contributed by atoms with Crippen molar-refractivity contribution in [3.05, 3.63) is 64.5 Å². The summed E-state index contributed by atoms with van der Waals surface area (Å²) in [6.45, 7) is -0.547. The molecule has 4 rings (SSSR count). The Kier molecular flexibility index (Phi) is 5.19. The molecule has 0 saturated carbocycles. The minimum absolute atomic E-state index is 0.0603. The molecule has 0 radical (unpaired) electrons. The molecule has 2 heterocycles. The number of halogens is 4. The molecule has 7 nitrogen and oxygen atoms in total. The molecule has 1 amide bonds. The molecule has 4 N–H and O–H groups in total. The average Bonchev–Trinajstić information content (AvgIpc) is 2.73. The first kappa shape index (κ1) is 21.5. The number of carbonyl (C=O) groups is 2. The van der Waals surface area contributed by atoms with E-state index in [0.29, 0.717) is 16.9 Å². The van der Waals surface area contributed by atoms with Crippen LogP contribution in [-0.2, 0) is 15.8 Å². The Morgan fingerprint density at radius 1 is 1.19 bits per heavy atom. The van der Waals surface area contributed by atoms with E-state index in [1.807, 2.05) is 0 Å². The zero-order chi connectivity index (χ0) is 23.2. The normalized spacial score (nSPS) is 17.5. The van der Waals surface area contributed by atoms with E-state index in [-0.39, 0.29) is 24.2 Å². The fourth-order valence-electron chi connectivity index (χ4n) is 3.88. The van der Waals surface area contributed by atoms with Crippen LogP contribution in [0.15, 0.2) is 42.0 Å². The first-order chi connectivity index (χ1) is 15.0. The molecule has 1 atom stereocenters. The first-order valence-corrected chi connectivity index (χ1v) is 9.49. The smallest absolute Gasteiger partial charge is 0.416 e. The molecule has 11 heteroatoms. The fourth-order valence-corrected chi connectivity index (χ4v) is 3.88. The quantitative estimate of drug-likeness (QED) is 0.533. The number of anilines is 2. The number of hydrogen-bond acceptors (Lipinski definition) is 5. The van der Waals surface area contributed by atoms with Crippen LogP contribution in [0.25, 0.3) is 5.76 Å². The van der Waals surface area contributed by atoms with Crippen molar-refractivity contribution in [3.8, 4) is 0 Å².